The summed E-state index contributed by atoms with van der Waals surface area (Å²) < 4.78 is 69.9. The van der Waals surface area contributed by atoms with Crippen LogP contribution >= 0.6 is 0 Å². The smallest absolute Gasteiger partial charge is 0.418 e. The first-order chi connectivity index (χ1) is 12.6. The van der Waals surface area contributed by atoms with Crippen molar-refractivity contribution in [3.05, 3.63) is 54.1 Å². The van der Waals surface area contributed by atoms with Crippen molar-refractivity contribution in [1.29, 1.82) is 0 Å². The molecule has 0 aromatic heterocycles. The number of carbonyl (C=O) groups excluding carboxylic acids is 1. The second-order valence-electron chi connectivity index (χ2n) is 5.90. The SMILES string of the molecule is CS(=O)(=O)N1C[C@H](C(=O)Nc2ccccc2C(F)(F)F)Oc2ccccc21. The van der Waals surface area contributed by atoms with Crippen LogP contribution in [-0.2, 0) is 21.0 Å². The maximum Gasteiger partial charge on any atom is 0.418 e. The molecule has 1 heterocycles. The van der Waals surface area contributed by atoms with Gasteiger partial charge in [0, 0.05) is 0 Å². The van der Waals surface area contributed by atoms with Crippen molar-refractivity contribution in [3.63, 3.8) is 0 Å². The van der Waals surface area contributed by atoms with Gasteiger partial charge in [-0.2, -0.15) is 13.2 Å². The molecular weight excluding hydrogens is 385 g/mol. The number of nitrogens with zero attached hydrogens (tertiary/aromatic N) is 1. The number of para-hydroxylation sites is 3. The molecule has 2 aromatic carbocycles. The van der Waals surface area contributed by atoms with E-state index in [1.807, 2.05) is 0 Å². The zero-order valence-corrected chi connectivity index (χ0v) is 14.8. The zero-order chi connectivity index (χ0) is 19.8. The zero-order valence-electron chi connectivity index (χ0n) is 14.0. The third-order valence-electron chi connectivity index (χ3n) is 3.92. The number of carbonyl (C=O) groups is 1. The van der Waals surface area contributed by atoms with E-state index >= 15 is 0 Å². The van der Waals surface area contributed by atoms with Gasteiger partial charge in [0.25, 0.3) is 5.91 Å². The lowest BCUT2D eigenvalue weighted by atomic mass is 10.1. The highest BCUT2D eigenvalue weighted by Crippen LogP contribution is 2.36. The molecule has 0 fully saturated rings. The van der Waals surface area contributed by atoms with Crippen LogP contribution in [-0.4, -0.2) is 33.2 Å². The molecule has 1 amide bonds. The third kappa shape index (κ3) is 4.00. The van der Waals surface area contributed by atoms with E-state index in [1.165, 1.54) is 24.3 Å². The molecule has 0 aliphatic carbocycles. The summed E-state index contributed by atoms with van der Waals surface area (Å²) >= 11 is 0. The Balaban J connectivity index is 1.89. The summed E-state index contributed by atoms with van der Waals surface area (Å²) in [6, 6.07) is 10.7. The Morgan fingerprint density at radius 2 is 1.78 bits per heavy atom. The van der Waals surface area contributed by atoms with Gasteiger partial charge in [0.2, 0.25) is 10.0 Å². The van der Waals surface area contributed by atoms with Gasteiger partial charge in [-0.15, -0.1) is 0 Å². The number of nitrogens with one attached hydrogen (secondary N) is 1. The van der Waals surface area contributed by atoms with Gasteiger partial charge in [0.05, 0.1) is 29.7 Å². The van der Waals surface area contributed by atoms with E-state index in [1.54, 1.807) is 12.1 Å². The number of anilines is 2. The van der Waals surface area contributed by atoms with Crippen LogP contribution in [0, 0.1) is 0 Å². The molecule has 1 aliphatic rings. The largest absolute Gasteiger partial charge is 0.476 e. The van der Waals surface area contributed by atoms with Gasteiger partial charge in [-0.25, -0.2) is 8.42 Å². The first kappa shape index (κ1) is 19.0. The Labute approximate surface area is 153 Å². The van der Waals surface area contributed by atoms with Crippen molar-refractivity contribution in [2.24, 2.45) is 0 Å². The van der Waals surface area contributed by atoms with Crippen molar-refractivity contribution < 1.29 is 31.1 Å². The number of alkyl halides is 3. The molecule has 10 heteroatoms. The second-order valence-corrected chi connectivity index (χ2v) is 7.81. The summed E-state index contributed by atoms with van der Waals surface area (Å²) in [5, 5.41) is 2.18. The number of fused-ring (bicyclic) bond motifs is 1. The molecule has 1 N–H and O–H groups in total. The van der Waals surface area contributed by atoms with E-state index in [4.69, 9.17) is 4.74 Å². The molecule has 6 nitrogen and oxygen atoms in total. The highest BCUT2D eigenvalue weighted by Gasteiger charge is 2.37. The first-order valence-electron chi connectivity index (χ1n) is 7.78. The summed E-state index contributed by atoms with van der Waals surface area (Å²) in [4.78, 5) is 12.5. The Bertz CT molecular complexity index is 976. The summed E-state index contributed by atoms with van der Waals surface area (Å²) in [7, 11) is -3.72. The number of ether oxygens (including phenoxy) is 1. The van der Waals surface area contributed by atoms with Crippen molar-refractivity contribution >= 4 is 27.3 Å². The highest BCUT2D eigenvalue weighted by atomic mass is 32.2. The van der Waals surface area contributed by atoms with Crippen LogP contribution in [0.25, 0.3) is 0 Å². The summed E-state index contributed by atoms with van der Waals surface area (Å²) in [5.41, 5.74) is -1.17. The van der Waals surface area contributed by atoms with Crippen molar-refractivity contribution in [1.82, 2.24) is 0 Å². The number of amides is 1. The van der Waals surface area contributed by atoms with E-state index in [9.17, 15) is 26.4 Å². The van der Waals surface area contributed by atoms with Crippen LogP contribution in [0.15, 0.2) is 48.5 Å². The third-order valence-corrected chi connectivity index (χ3v) is 5.06. The average Bonchev–Trinajstić information content (AvgIpc) is 2.59. The topological polar surface area (TPSA) is 75.7 Å². The van der Waals surface area contributed by atoms with Crippen LogP contribution in [0.2, 0.25) is 0 Å². The molecule has 1 aliphatic heterocycles. The van der Waals surface area contributed by atoms with Gasteiger partial charge >= 0.3 is 6.18 Å². The molecule has 2 aromatic rings. The van der Waals surface area contributed by atoms with E-state index in [-0.39, 0.29) is 18.0 Å². The van der Waals surface area contributed by atoms with Gasteiger partial charge < -0.3 is 10.1 Å². The predicted octanol–water partition coefficient (Wildman–Crippen LogP) is 2.87. The normalized spacial score (nSPS) is 17.0. The molecule has 0 saturated carbocycles. The number of sulfonamides is 1. The van der Waals surface area contributed by atoms with Gasteiger partial charge in [0.15, 0.2) is 6.10 Å². The minimum Gasteiger partial charge on any atom is -0.476 e. The van der Waals surface area contributed by atoms with Crippen molar-refractivity contribution in [2.45, 2.75) is 12.3 Å². The lowest BCUT2D eigenvalue weighted by molar-refractivity contribution is -0.137. The fraction of sp³-hybridized carbons (Fsp3) is 0.235. The average molecular weight is 400 g/mol. The Hall–Kier alpha value is -2.75. The van der Waals surface area contributed by atoms with Crippen molar-refractivity contribution in [2.75, 3.05) is 22.4 Å². The van der Waals surface area contributed by atoms with Gasteiger partial charge in [-0.1, -0.05) is 24.3 Å². The van der Waals surface area contributed by atoms with E-state index in [0.29, 0.717) is 0 Å². The van der Waals surface area contributed by atoms with E-state index in [2.05, 4.69) is 5.32 Å². The number of hydrogen-bond donors (Lipinski definition) is 1. The molecule has 0 saturated heterocycles. The lowest BCUT2D eigenvalue weighted by Crippen LogP contribution is -2.48. The number of halogens is 3. The lowest BCUT2D eigenvalue weighted by Gasteiger charge is -2.34. The predicted molar refractivity (Wildman–Crippen MR) is 93.1 cm³/mol. The molecule has 0 radical (unpaired) electrons. The minimum atomic E-state index is -4.65. The Kier molecular flexibility index (Phi) is 4.77. The monoisotopic (exact) mass is 400 g/mol. The highest BCUT2D eigenvalue weighted by molar-refractivity contribution is 7.92. The minimum absolute atomic E-state index is 0.151. The summed E-state index contributed by atoms with van der Waals surface area (Å²) in [6.07, 6.45) is -4.98. The number of hydrogen-bond acceptors (Lipinski definition) is 4. The second kappa shape index (κ2) is 6.76. The van der Waals surface area contributed by atoms with Crippen LogP contribution < -0.4 is 14.4 Å². The fourth-order valence-corrected chi connectivity index (χ4v) is 3.62. The van der Waals surface area contributed by atoms with Crippen LogP contribution in [0.1, 0.15) is 5.56 Å². The molecule has 3 rings (SSSR count). The van der Waals surface area contributed by atoms with Crippen molar-refractivity contribution in [3.8, 4) is 5.75 Å². The molecule has 144 valence electrons. The quantitative estimate of drug-likeness (QED) is 0.860. The maximum absolute atomic E-state index is 13.1. The molecule has 27 heavy (non-hydrogen) atoms. The fourth-order valence-electron chi connectivity index (χ4n) is 2.71. The Morgan fingerprint density at radius 3 is 2.44 bits per heavy atom. The maximum atomic E-state index is 13.1. The number of benzene rings is 2. The molecule has 0 unspecified atom stereocenters. The van der Waals surface area contributed by atoms with Gasteiger partial charge in [-0.05, 0) is 24.3 Å². The summed E-state index contributed by atoms with van der Waals surface area (Å²) in [5.74, 6) is -0.728. The van der Waals surface area contributed by atoms with Crippen LogP contribution in [0.5, 0.6) is 5.75 Å². The Morgan fingerprint density at radius 1 is 1.15 bits per heavy atom. The van der Waals surface area contributed by atoms with Crippen LogP contribution in [0.3, 0.4) is 0 Å². The number of rotatable bonds is 3. The molecule has 0 spiro atoms. The summed E-state index contributed by atoms with van der Waals surface area (Å²) in [6.45, 7) is -0.351. The van der Waals surface area contributed by atoms with Gasteiger partial charge in [0.1, 0.15) is 5.75 Å². The van der Waals surface area contributed by atoms with Gasteiger partial charge in [-0.3, -0.25) is 9.10 Å². The molecular formula is C17H15F3N2O4S. The van der Waals surface area contributed by atoms with E-state index in [0.717, 1.165) is 22.7 Å². The standard InChI is InChI=1S/C17H15F3N2O4S/c1-27(24,25)22-10-15(26-14-9-5-4-8-13(14)22)16(23)21-12-7-3-2-6-11(12)17(18,19)20/h2-9,15H,10H2,1H3,(H,21,23)/t15-/m1/s1. The van der Waals surface area contributed by atoms with E-state index < -0.39 is 39.5 Å². The molecule has 1 atom stereocenters. The first-order valence-corrected chi connectivity index (χ1v) is 9.62. The van der Waals surface area contributed by atoms with Crippen LogP contribution in [0.4, 0.5) is 24.5 Å². The molecule has 0 bridgehead atoms.